The Labute approximate surface area is 209 Å². The highest BCUT2D eigenvalue weighted by Crippen LogP contribution is 2.40. The lowest BCUT2D eigenvalue weighted by Crippen LogP contribution is -2.46. The molecule has 0 aliphatic carbocycles. The quantitative estimate of drug-likeness (QED) is 0.189. The summed E-state index contributed by atoms with van der Waals surface area (Å²) in [5, 5.41) is 25.9. The summed E-state index contributed by atoms with van der Waals surface area (Å²) < 4.78 is 5.65. The summed E-state index contributed by atoms with van der Waals surface area (Å²) in [5.41, 5.74) is 0.500. The average molecular weight is 495 g/mol. The number of nitro groups is 1. The number of nitrogens with one attached hydrogen (secondary N) is 1. The van der Waals surface area contributed by atoms with Gasteiger partial charge in [0.2, 0.25) is 0 Å². The smallest absolute Gasteiger partial charge is 0.295 e. The van der Waals surface area contributed by atoms with E-state index in [2.05, 4.69) is 10.2 Å². The van der Waals surface area contributed by atoms with Gasteiger partial charge in [0.25, 0.3) is 17.4 Å². The lowest BCUT2D eigenvalue weighted by molar-refractivity contribution is -0.384. The van der Waals surface area contributed by atoms with Gasteiger partial charge in [-0.05, 0) is 43.7 Å². The number of non-ortho nitro benzene ring substituents is 1. The SMILES string of the molecule is CC(C)Oc1ccc(C(O)=C2C(=O)C(=O)N(CCN3CCNCC3)C2c2cccc([N+](=O)[O-])c2)cc1. The maximum atomic E-state index is 13.2. The average Bonchev–Trinajstić information content (AvgIpc) is 3.12. The Balaban J connectivity index is 1.73. The monoisotopic (exact) mass is 494 g/mol. The van der Waals surface area contributed by atoms with Gasteiger partial charge in [0, 0.05) is 57.0 Å². The van der Waals surface area contributed by atoms with Crippen LogP contribution in [0.25, 0.3) is 5.76 Å². The number of ether oxygens (including phenoxy) is 1. The number of piperazine rings is 1. The van der Waals surface area contributed by atoms with Crippen LogP contribution >= 0.6 is 0 Å². The van der Waals surface area contributed by atoms with Crippen LogP contribution in [-0.2, 0) is 9.59 Å². The lowest BCUT2D eigenvalue weighted by atomic mass is 9.95. The third kappa shape index (κ3) is 5.39. The van der Waals surface area contributed by atoms with Crippen molar-refractivity contribution in [2.24, 2.45) is 0 Å². The number of hydrogen-bond acceptors (Lipinski definition) is 8. The molecule has 0 radical (unpaired) electrons. The minimum atomic E-state index is -0.945. The molecule has 0 bridgehead atoms. The number of aliphatic hydroxyl groups is 1. The molecular formula is C26H30N4O6. The van der Waals surface area contributed by atoms with E-state index >= 15 is 0 Å². The first-order chi connectivity index (χ1) is 17.3. The largest absolute Gasteiger partial charge is 0.507 e. The number of hydrogen-bond donors (Lipinski definition) is 2. The first-order valence-electron chi connectivity index (χ1n) is 12.0. The summed E-state index contributed by atoms with van der Waals surface area (Å²) in [6.45, 7) is 7.89. The molecule has 2 aromatic carbocycles. The second kappa shape index (κ2) is 10.9. The number of amides is 1. The van der Waals surface area contributed by atoms with Crippen molar-refractivity contribution in [3.63, 3.8) is 0 Å². The normalized spacial score (nSPS) is 20.2. The first kappa shape index (κ1) is 25.3. The summed E-state index contributed by atoms with van der Waals surface area (Å²) in [6.07, 6.45) is -0.0284. The van der Waals surface area contributed by atoms with Crippen molar-refractivity contribution in [2.75, 3.05) is 39.3 Å². The van der Waals surface area contributed by atoms with Crippen molar-refractivity contribution in [2.45, 2.75) is 26.0 Å². The van der Waals surface area contributed by atoms with Gasteiger partial charge in [0.1, 0.15) is 11.5 Å². The van der Waals surface area contributed by atoms with Crippen LogP contribution in [-0.4, -0.2) is 76.9 Å². The van der Waals surface area contributed by atoms with Crippen LogP contribution in [0.15, 0.2) is 54.1 Å². The summed E-state index contributed by atoms with van der Waals surface area (Å²) in [4.78, 5) is 40.9. The van der Waals surface area contributed by atoms with Crippen LogP contribution in [0, 0.1) is 10.1 Å². The fourth-order valence-corrected chi connectivity index (χ4v) is 4.57. The van der Waals surface area contributed by atoms with Crippen LogP contribution < -0.4 is 10.1 Å². The van der Waals surface area contributed by atoms with Gasteiger partial charge in [-0.1, -0.05) is 12.1 Å². The molecule has 1 atom stereocenters. The number of aliphatic hydroxyl groups excluding tert-OH is 1. The fourth-order valence-electron chi connectivity index (χ4n) is 4.57. The van der Waals surface area contributed by atoms with E-state index in [1.54, 1.807) is 30.3 Å². The van der Waals surface area contributed by atoms with Crippen molar-refractivity contribution in [3.8, 4) is 5.75 Å². The standard InChI is InChI=1S/C26H30N4O6/c1-17(2)36-21-8-6-18(7-9-21)24(31)22-23(19-4-3-5-20(16-19)30(34)35)29(26(33)25(22)32)15-14-28-12-10-27-11-13-28/h3-9,16-17,23,27,31H,10-15H2,1-2H3. The van der Waals surface area contributed by atoms with Crippen molar-refractivity contribution in [1.82, 2.24) is 15.1 Å². The highest BCUT2D eigenvalue weighted by atomic mass is 16.6. The lowest BCUT2D eigenvalue weighted by Gasteiger charge is -2.31. The van der Waals surface area contributed by atoms with Crippen molar-refractivity contribution < 1.29 is 24.4 Å². The van der Waals surface area contributed by atoms with Gasteiger partial charge in [-0.25, -0.2) is 0 Å². The molecule has 10 heteroatoms. The van der Waals surface area contributed by atoms with E-state index in [-0.39, 0.29) is 29.7 Å². The Morgan fingerprint density at radius 2 is 1.83 bits per heavy atom. The number of likely N-dealkylation sites (tertiary alicyclic amines) is 1. The molecule has 2 aliphatic heterocycles. The molecule has 1 unspecified atom stereocenters. The molecule has 10 nitrogen and oxygen atoms in total. The molecule has 36 heavy (non-hydrogen) atoms. The molecule has 2 N–H and O–H groups in total. The van der Waals surface area contributed by atoms with Crippen molar-refractivity contribution in [3.05, 3.63) is 75.3 Å². The van der Waals surface area contributed by atoms with Gasteiger partial charge < -0.3 is 20.1 Å². The van der Waals surface area contributed by atoms with E-state index in [1.807, 2.05) is 13.8 Å². The maximum absolute atomic E-state index is 13.2. The Morgan fingerprint density at radius 3 is 2.47 bits per heavy atom. The van der Waals surface area contributed by atoms with E-state index in [4.69, 9.17) is 4.74 Å². The van der Waals surface area contributed by atoms with Gasteiger partial charge in [0.05, 0.1) is 22.6 Å². The summed E-state index contributed by atoms with van der Waals surface area (Å²) in [6, 6.07) is 11.5. The molecule has 2 fully saturated rings. The molecule has 4 rings (SSSR count). The first-order valence-corrected chi connectivity index (χ1v) is 12.0. The number of Topliss-reactive ketones (excluding diaryl/α,β-unsaturated/α-hetero) is 1. The molecule has 1 amide bonds. The number of ketones is 1. The van der Waals surface area contributed by atoms with Crippen LogP contribution in [0.2, 0.25) is 0 Å². The fraction of sp³-hybridized carbons (Fsp3) is 0.385. The van der Waals surface area contributed by atoms with E-state index in [0.29, 0.717) is 23.4 Å². The molecule has 190 valence electrons. The van der Waals surface area contributed by atoms with E-state index in [0.717, 1.165) is 26.2 Å². The summed E-state index contributed by atoms with van der Waals surface area (Å²) >= 11 is 0. The van der Waals surface area contributed by atoms with Gasteiger partial charge in [-0.15, -0.1) is 0 Å². The predicted molar refractivity (Wildman–Crippen MR) is 134 cm³/mol. The van der Waals surface area contributed by atoms with Crippen LogP contribution in [0.4, 0.5) is 5.69 Å². The highest BCUT2D eigenvalue weighted by Gasteiger charge is 2.46. The molecule has 2 heterocycles. The minimum absolute atomic E-state index is 0.0284. The van der Waals surface area contributed by atoms with E-state index in [9.17, 15) is 24.8 Å². The van der Waals surface area contributed by atoms with Gasteiger partial charge in [0.15, 0.2) is 0 Å². The second-order valence-corrected chi connectivity index (χ2v) is 9.13. The Hall–Kier alpha value is -3.76. The number of benzene rings is 2. The van der Waals surface area contributed by atoms with E-state index < -0.39 is 22.7 Å². The third-order valence-electron chi connectivity index (χ3n) is 6.30. The van der Waals surface area contributed by atoms with Crippen molar-refractivity contribution in [1.29, 1.82) is 0 Å². The maximum Gasteiger partial charge on any atom is 0.295 e. The number of nitrogens with zero attached hydrogens (tertiary/aromatic N) is 3. The molecule has 2 aromatic rings. The third-order valence-corrected chi connectivity index (χ3v) is 6.30. The number of nitro benzene ring substituents is 1. The van der Waals surface area contributed by atoms with Gasteiger partial charge in [-0.2, -0.15) is 0 Å². The van der Waals surface area contributed by atoms with E-state index in [1.165, 1.54) is 23.1 Å². The molecule has 0 aromatic heterocycles. The van der Waals surface area contributed by atoms with Crippen LogP contribution in [0.1, 0.15) is 31.0 Å². The zero-order valence-electron chi connectivity index (χ0n) is 20.3. The highest BCUT2D eigenvalue weighted by molar-refractivity contribution is 6.46. The zero-order chi connectivity index (χ0) is 25.8. The predicted octanol–water partition coefficient (Wildman–Crippen LogP) is 2.71. The number of carbonyl (C=O) groups excluding carboxylic acids is 2. The number of rotatable bonds is 8. The second-order valence-electron chi connectivity index (χ2n) is 9.13. The Kier molecular flexibility index (Phi) is 7.66. The zero-order valence-corrected chi connectivity index (χ0v) is 20.3. The Morgan fingerprint density at radius 1 is 1.14 bits per heavy atom. The van der Waals surface area contributed by atoms with Crippen LogP contribution in [0.5, 0.6) is 5.75 Å². The molecule has 2 aliphatic rings. The molecular weight excluding hydrogens is 464 g/mol. The summed E-state index contributed by atoms with van der Waals surface area (Å²) in [5.74, 6) is -1.27. The van der Waals surface area contributed by atoms with Crippen LogP contribution in [0.3, 0.4) is 0 Å². The molecule has 2 saturated heterocycles. The summed E-state index contributed by atoms with van der Waals surface area (Å²) in [7, 11) is 0. The molecule has 0 saturated carbocycles. The minimum Gasteiger partial charge on any atom is -0.507 e. The topological polar surface area (TPSA) is 125 Å². The van der Waals surface area contributed by atoms with Gasteiger partial charge in [-0.3, -0.25) is 24.6 Å². The molecule has 0 spiro atoms. The Bertz CT molecular complexity index is 1170. The van der Waals surface area contributed by atoms with Gasteiger partial charge >= 0.3 is 0 Å². The number of carbonyl (C=O) groups is 2. The van der Waals surface area contributed by atoms with Crippen molar-refractivity contribution >= 4 is 23.1 Å².